The number of hydrogen-bond donors (Lipinski definition) is 3. The largest absolute Gasteiger partial charge is 0.347 e. The predicted octanol–water partition coefficient (Wildman–Crippen LogP) is 3.01. The fraction of sp³-hybridized carbons (Fsp3) is 0.524. The lowest BCUT2D eigenvalue weighted by atomic mass is 10.1. The summed E-state index contributed by atoms with van der Waals surface area (Å²) in [6.07, 6.45) is 4.34. The Labute approximate surface area is 202 Å². The Hall–Kier alpha value is -1.10. The van der Waals surface area contributed by atoms with Crippen LogP contribution in [0, 0.1) is 0 Å². The molecule has 170 valence electrons. The summed E-state index contributed by atoms with van der Waals surface area (Å²) < 4.78 is 0.585. The molecule has 10 heteroatoms. The fourth-order valence-corrected chi connectivity index (χ4v) is 6.14. The van der Waals surface area contributed by atoms with Crippen molar-refractivity contribution in [2.45, 2.75) is 31.3 Å². The molecule has 0 aliphatic carbocycles. The highest BCUT2D eigenvalue weighted by molar-refractivity contribution is 7.79. The molecule has 0 unspecified atom stereocenters. The van der Waals surface area contributed by atoms with Crippen molar-refractivity contribution in [3.05, 3.63) is 42.7 Å². The molecular weight excluding hydrogens is 472 g/mol. The molecule has 2 aliphatic heterocycles. The number of nitrogens with one attached hydrogen (secondary N) is 1. The molecule has 4 heterocycles. The van der Waals surface area contributed by atoms with Gasteiger partial charge in [0.25, 0.3) is 11.8 Å². The van der Waals surface area contributed by atoms with Gasteiger partial charge in [-0.15, -0.1) is 22.7 Å². The SMILES string of the molecule is CN1CCc2cc(C(=O)N3C[C@H](NC(=O)c4ccc(Cl)s4)C[C@H]3CN)sc2CC1.CS. The van der Waals surface area contributed by atoms with Crippen molar-refractivity contribution in [2.24, 2.45) is 5.73 Å². The van der Waals surface area contributed by atoms with E-state index in [0.29, 0.717) is 28.7 Å². The van der Waals surface area contributed by atoms with Gasteiger partial charge in [-0.05, 0) is 56.3 Å². The first-order valence-electron chi connectivity index (χ1n) is 10.3. The van der Waals surface area contributed by atoms with Crippen molar-refractivity contribution in [3.8, 4) is 0 Å². The monoisotopic (exact) mass is 500 g/mol. The second-order valence-electron chi connectivity index (χ2n) is 7.72. The number of halogens is 1. The lowest BCUT2D eigenvalue weighted by Gasteiger charge is -2.22. The second kappa shape index (κ2) is 11.2. The minimum absolute atomic E-state index is 0.0304. The van der Waals surface area contributed by atoms with E-state index < -0.39 is 0 Å². The van der Waals surface area contributed by atoms with Gasteiger partial charge < -0.3 is 20.9 Å². The van der Waals surface area contributed by atoms with Gasteiger partial charge in [-0.1, -0.05) is 11.6 Å². The molecule has 6 nitrogen and oxygen atoms in total. The Morgan fingerprint density at radius 1 is 1.23 bits per heavy atom. The van der Waals surface area contributed by atoms with Gasteiger partial charge >= 0.3 is 0 Å². The van der Waals surface area contributed by atoms with Crippen LogP contribution in [0.4, 0.5) is 0 Å². The van der Waals surface area contributed by atoms with Crippen molar-refractivity contribution in [1.29, 1.82) is 0 Å². The maximum Gasteiger partial charge on any atom is 0.264 e. The number of thiol groups is 1. The molecule has 1 saturated heterocycles. The summed E-state index contributed by atoms with van der Waals surface area (Å²) >= 11 is 12.3. The summed E-state index contributed by atoms with van der Waals surface area (Å²) in [6.45, 7) is 2.92. The smallest absolute Gasteiger partial charge is 0.264 e. The molecule has 0 bridgehead atoms. The Bertz CT molecular complexity index is 891. The van der Waals surface area contributed by atoms with Crippen LogP contribution in [-0.4, -0.2) is 73.2 Å². The van der Waals surface area contributed by atoms with E-state index in [-0.39, 0.29) is 23.9 Å². The molecule has 2 aliphatic rings. The van der Waals surface area contributed by atoms with Crippen LogP contribution in [-0.2, 0) is 12.8 Å². The summed E-state index contributed by atoms with van der Waals surface area (Å²) in [4.78, 5) is 32.5. The lowest BCUT2D eigenvalue weighted by molar-refractivity contribution is 0.0739. The second-order valence-corrected chi connectivity index (χ2v) is 10.6. The molecule has 0 aromatic carbocycles. The standard InChI is InChI=1S/C20H25ClN4O2S2.CH4S/c1-24-6-4-12-8-17(28-15(12)5-7-24)20(27)25-11-13(9-14(25)10-22)23-19(26)16-2-3-18(21)29-16;1-2/h2-3,8,13-14H,4-7,9-11,22H2,1H3,(H,23,26);2H,1H3/t13-,14+;/m1./s1. The highest BCUT2D eigenvalue weighted by Gasteiger charge is 2.36. The molecule has 4 rings (SSSR count). The number of hydrogen-bond acceptors (Lipinski definition) is 7. The number of thiophene rings is 2. The molecule has 31 heavy (non-hydrogen) atoms. The van der Waals surface area contributed by atoms with Gasteiger partial charge in [-0.3, -0.25) is 9.59 Å². The summed E-state index contributed by atoms with van der Waals surface area (Å²) in [5.74, 6) is -0.119. The molecule has 2 aromatic heterocycles. The number of nitrogens with zero attached hydrogens (tertiary/aromatic N) is 2. The van der Waals surface area contributed by atoms with Gasteiger partial charge in [-0.2, -0.15) is 12.6 Å². The zero-order chi connectivity index (χ0) is 22.5. The maximum absolute atomic E-state index is 13.2. The molecule has 1 fully saturated rings. The van der Waals surface area contributed by atoms with E-state index in [0.717, 1.165) is 30.8 Å². The normalized spacial score (nSPS) is 21.1. The Kier molecular flexibility index (Phi) is 8.83. The number of carbonyl (C=O) groups excluding carboxylic acids is 2. The van der Waals surface area contributed by atoms with E-state index in [1.54, 1.807) is 29.7 Å². The minimum atomic E-state index is -0.149. The number of likely N-dealkylation sites (N-methyl/N-ethyl adjacent to an activating group) is 1. The van der Waals surface area contributed by atoms with Crippen LogP contribution in [0.25, 0.3) is 0 Å². The maximum atomic E-state index is 13.2. The third-order valence-corrected chi connectivity index (χ3v) is 8.13. The molecule has 0 radical (unpaired) electrons. The first-order valence-corrected chi connectivity index (χ1v) is 13.2. The topological polar surface area (TPSA) is 78.7 Å². The van der Waals surface area contributed by atoms with Gasteiger partial charge in [0.1, 0.15) is 0 Å². The zero-order valence-electron chi connectivity index (χ0n) is 17.8. The third-order valence-electron chi connectivity index (χ3n) is 5.67. The Morgan fingerprint density at radius 3 is 2.65 bits per heavy atom. The van der Waals surface area contributed by atoms with E-state index in [1.165, 1.54) is 21.8 Å². The Balaban J connectivity index is 0.00000132. The fourth-order valence-electron chi connectivity index (χ4n) is 4.04. The van der Waals surface area contributed by atoms with E-state index in [1.807, 2.05) is 4.90 Å². The van der Waals surface area contributed by atoms with Gasteiger partial charge in [0.05, 0.1) is 14.1 Å². The van der Waals surface area contributed by atoms with Gasteiger partial charge in [0, 0.05) is 43.1 Å². The highest BCUT2D eigenvalue weighted by atomic mass is 35.5. The van der Waals surface area contributed by atoms with Crippen LogP contribution in [0.1, 0.15) is 36.2 Å². The van der Waals surface area contributed by atoms with Crippen molar-refractivity contribution >= 4 is 58.7 Å². The van der Waals surface area contributed by atoms with Crippen molar-refractivity contribution in [2.75, 3.05) is 39.5 Å². The quantitative estimate of drug-likeness (QED) is 0.564. The highest BCUT2D eigenvalue weighted by Crippen LogP contribution is 2.29. The number of likely N-dealkylation sites (tertiary alicyclic amines) is 1. The minimum Gasteiger partial charge on any atom is -0.347 e. The molecule has 0 saturated carbocycles. The molecular formula is C21H29ClN4O2S3. The molecule has 0 spiro atoms. The van der Waals surface area contributed by atoms with E-state index in [9.17, 15) is 9.59 Å². The van der Waals surface area contributed by atoms with Crippen molar-refractivity contribution in [3.63, 3.8) is 0 Å². The average molecular weight is 501 g/mol. The number of carbonyl (C=O) groups is 2. The third kappa shape index (κ3) is 5.83. The van der Waals surface area contributed by atoms with Crippen LogP contribution in [0.15, 0.2) is 18.2 Å². The summed E-state index contributed by atoms with van der Waals surface area (Å²) in [5, 5.41) is 3.03. The van der Waals surface area contributed by atoms with E-state index in [4.69, 9.17) is 17.3 Å². The summed E-state index contributed by atoms with van der Waals surface area (Å²) in [5.41, 5.74) is 7.25. The number of fused-ring (bicyclic) bond motifs is 1. The van der Waals surface area contributed by atoms with Gasteiger partial charge in [0.15, 0.2) is 0 Å². The molecule has 3 N–H and O–H groups in total. The predicted molar refractivity (Wildman–Crippen MR) is 133 cm³/mol. The number of nitrogens with two attached hydrogens (primary N) is 1. The van der Waals surface area contributed by atoms with Gasteiger partial charge in [-0.25, -0.2) is 0 Å². The van der Waals surface area contributed by atoms with Crippen LogP contribution in [0.5, 0.6) is 0 Å². The van der Waals surface area contributed by atoms with E-state index in [2.05, 4.69) is 36.0 Å². The average Bonchev–Trinajstić information content (AvgIpc) is 3.47. The molecule has 2 aromatic rings. The van der Waals surface area contributed by atoms with Crippen LogP contribution < -0.4 is 11.1 Å². The van der Waals surface area contributed by atoms with Gasteiger partial charge in [0.2, 0.25) is 0 Å². The van der Waals surface area contributed by atoms with Crippen molar-refractivity contribution < 1.29 is 9.59 Å². The lowest BCUT2D eigenvalue weighted by Crippen LogP contribution is -2.40. The summed E-state index contributed by atoms with van der Waals surface area (Å²) in [6, 6.07) is 5.33. The van der Waals surface area contributed by atoms with E-state index >= 15 is 0 Å². The zero-order valence-corrected chi connectivity index (χ0v) is 21.0. The number of rotatable bonds is 4. The first kappa shape index (κ1) is 24.5. The number of amides is 2. The Morgan fingerprint density at radius 2 is 1.97 bits per heavy atom. The van der Waals surface area contributed by atoms with Crippen LogP contribution in [0.3, 0.4) is 0 Å². The van der Waals surface area contributed by atoms with Crippen LogP contribution in [0.2, 0.25) is 4.34 Å². The van der Waals surface area contributed by atoms with Crippen LogP contribution >= 0.6 is 46.9 Å². The summed E-state index contributed by atoms with van der Waals surface area (Å²) in [7, 11) is 2.14. The first-order chi connectivity index (χ1) is 14.9. The molecule has 2 atom stereocenters. The molecule has 2 amide bonds. The van der Waals surface area contributed by atoms with Crippen molar-refractivity contribution in [1.82, 2.24) is 15.1 Å².